The summed E-state index contributed by atoms with van der Waals surface area (Å²) in [6, 6.07) is 11.8. The van der Waals surface area contributed by atoms with Crippen molar-refractivity contribution in [2.45, 2.75) is 57.7 Å². The van der Waals surface area contributed by atoms with Crippen LogP contribution in [0.3, 0.4) is 0 Å². The van der Waals surface area contributed by atoms with E-state index >= 15 is 0 Å². The zero-order chi connectivity index (χ0) is 20.6. The van der Waals surface area contributed by atoms with Crippen molar-refractivity contribution in [3.8, 4) is 17.0 Å². The van der Waals surface area contributed by atoms with Gasteiger partial charge >= 0.3 is 6.09 Å². The Hall–Kier alpha value is -2.76. The van der Waals surface area contributed by atoms with E-state index in [4.69, 9.17) is 20.2 Å². The molecular weight excluding hydrogens is 366 g/mol. The van der Waals surface area contributed by atoms with Gasteiger partial charge in [0.2, 0.25) is 0 Å². The molecule has 0 unspecified atom stereocenters. The van der Waals surface area contributed by atoms with Gasteiger partial charge in [-0.25, -0.2) is 9.78 Å². The minimum atomic E-state index is -0.472. The van der Waals surface area contributed by atoms with Gasteiger partial charge in [0.25, 0.3) is 0 Å². The van der Waals surface area contributed by atoms with Crippen LogP contribution in [0.1, 0.15) is 45.7 Å². The molecule has 4 rings (SSSR count). The lowest BCUT2D eigenvalue weighted by molar-refractivity contribution is -0.0278. The lowest BCUT2D eigenvalue weighted by Crippen LogP contribution is -2.52. The van der Waals surface area contributed by atoms with Gasteiger partial charge in [-0.1, -0.05) is 12.1 Å². The van der Waals surface area contributed by atoms with Crippen LogP contribution in [-0.2, 0) is 11.2 Å². The van der Waals surface area contributed by atoms with Crippen molar-refractivity contribution in [2.24, 2.45) is 0 Å². The topological polar surface area (TPSA) is 77.7 Å². The van der Waals surface area contributed by atoms with Crippen molar-refractivity contribution >= 4 is 11.8 Å². The predicted octanol–water partition coefficient (Wildman–Crippen LogP) is 4.43. The number of nitrogen functional groups attached to an aromatic ring is 1. The first-order valence-electron chi connectivity index (χ1n) is 10.3. The number of hydrogen-bond donors (Lipinski definition) is 1. The number of benzene rings is 1. The Morgan fingerprint density at radius 3 is 2.45 bits per heavy atom. The molecular formula is C23H29N3O3. The molecule has 2 aliphatic rings. The molecule has 0 atom stereocenters. The average molecular weight is 396 g/mol. The summed E-state index contributed by atoms with van der Waals surface area (Å²) in [4.78, 5) is 18.9. The van der Waals surface area contributed by atoms with Crippen LogP contribution in [0.25, 0.3) is 11.3 Å². The van der Waals surface area contributed by atoms with Crippen molar-refractivity contribution in [2.75, 3.05) is 18.8 Å². The molecule has 0 saturated carbocycles. The van der Waals surface area contributed by atoms with Crippen LogP contribution in [0.5, 0.6) is 5.75 Å². The number of piperidine rings is 1. The number of pyridine rings is 1. The lowest BCUT2D eigenvalue weighted by atomic mass is 9.84. The Labute approximate surface area is 172 Å². The molecule has 2 N–H and O–H groups in total. The van der Waals surface area contributed by atoms with Gasteiger partial charge in [0.1, 0.15) is 17.0 Å². The van der Waals surface area contributed by atoms with Crippen LogP contribution in [0.2, 0.25) is 0 Å². The van der Waals surface area contributed by atoms with Crippen LogP contribution >= 0.6 is 0 Å². The molecule has 29 heavy (non-hydrogen) atoms. The fourth-order valence-corrected chi connectivity index (χ4v) is 3.98. The minimum Gasteiger partial charge on any atom is -0.485 e. The lowest BCUT2D eigenvalue weighted by Gasteiger charge is -2.44. The number of nitrogens with two attached hydrogens (primary N) is 1. The highest BCUT2D eigenvalue weighted by atomic mass is 16.6. The van der Waals surface area contributed by atoms with Gasteiger partial charge in [-0.05, 0) is 57.9 Å². The summed E-state index contributed by atoms with van der Waals surface area (Å²) in [6.07, 6.45) is 3.18. The smallest absolute Gasteiger partial charge is 0.410 e. The second kappa shape index (κ2) is 7.25. The number of carbonyl (C=O) groups is 1. The summed E-state index contributed by atoms with van der Waals surface area (Å²) in [7, 11) is 0. The van der Waals surface area contributed by atoms with Crippen LogP contribution < -0.4 is 10.5 Å². The van der Waals surface area contributed by atoms with Crippen molar-refractivity contribution in [3.63, 3.8) is 0 Å². The van der Waals surface area contributed by atoms with E-state index in [0.29, 0.717) is 13.1 Å². The molecule has 154 valence electrons. The van der Waals surface area contributed by atoms with E-state index < -0.39 is 5.60 Å². The number of fused-ring (bicyclic) bond motifs is 1. The van der Waals surface area contributed by atoms with Gasteiger partial charge in [-0.2, -0.15) is 0 Å². The first-order valence-corrected chi connectivity index (χ1v) is 10.3. The molecule has 1 aromatic carbocycles. The van der Waals surface area contributed by atoms with E-state index in [2.05, 4.69) is 0 Å². The van der Waals surface area contributed by atoms with Crippen LogP contribution in [0, 0.1) is 0 Å². The van der Waals surface area contributed by atoms with Crippen molar-refractivity contribution in [3.05, 3.63) is 42.1 Å². The fourth-order valence-electron chi connectivity index (χ4n) is 3.98. The maximum Gasteiger partial charge on any atom is 0.410 e. The Balaban J connectivity index is 1.43. The molecule has 1 amide bonds. The molecule has 0 aliphatic carbocycles. The molecule has 2 aromatic rings. The van der Waals surface area contributed by atoms with E-state index in [-0.39, 0.29) is 11.7 Å². The summed E-state index contributed by atoms with van der Waals surface area (Å²) in [5.41, 5.74) is 8.82. The zero-order valence-corrected chi connectivity index (χ0v) is 17.4. The van der Waals surface area contributed by atoms with Crippen molar-refractivity contribution in [1.82, 2.24) is 9.88 Å². The monoisotopic (exact) mass is 395 g/mol. The van der Waals surface area contributed by atoms with Crippen molar-refractivity contribution < 1.29 is 14.3 Å². The van der Waals surface area contributed by atoms with Gasteiger partial charge in [-0.3, -0.25) is 0 Å². The van der Waals surface area contributed by atoms with Gasteiger partial charge in [0.05, 0.1) is 11.4 Å². The molecule has 0 bridgehead atoms. The molecule has 1 spiro atoms. The first-order chi connectivity index (χ1) is 13.7. The number of carbonyl (C=O) groups excluding carboxylic acids is 1. The third-order valence-corrected chi connectivity index (χ3v) is 5.61. The number of aryl methyl sites for hydroxylation is 1. The second-order valence-electron chi connectivity index (χ2n) is 9.02. The molecule has 1 fully saturated rings. The maximum atomic E-state index is 12.3. The van der Waals surface area contributed by atoms with E-state index in [1.807, 2.05) is 57.2 Å². The number of likely N-dealkylation sites (tertiary alicyclic amines) is 1. The molecule has 6 heteroatoms. The van der Waals surface area contributed by atoms with Gasteiger partial charge in [0.15, 0.2) is 0 Å². The number of rotatable bonds is 1. The average Bonchev–Trinajstić information content (AvgIpc) is 2.67. The van der Waals surface area contributed by atoms with Crippen LogP contribution in [0.15, 0.2) is 36.4 Å². The van der Waals surface area contributed by atoms with E-state index in [0.717, 1.165) is 54.1 Å². The maximum absolute atomic E-state index is 12.3. The number of ether oxygens (including phenoxy) is 2. The number of amides is 1. The molecule has 1 saturated heterocycles. The third-order valence-electron chi connectivity index (χ3n) is 5.61. The Kier molecular flexibility index (Phi) is 4.89. The summed E-state index contributed by atoms with van der Waals surface area (Å²) in [5, 5.41) is 0. The number of nitrogens with zero attached hydrogens (tertiary/aromatic N) is 2. The molecule has 1 aromatic heterocycles. The van der Waals surface area contributed by atoms with E-state index in [1.54, 1.807) is 4.90 Å². The molecule has 6 nitrogen and oxygen atoms in total. The van der Waals surface area contributed by atoms with Crippen molar-refractivity contribution in [1.29, 1.82) is 0 Å². The molecule has 2 aliphatic heterocycles. The molecule has 3 heterocycles. The summed E-state index contributed by atoms with van der Waals surface area (Å²) in [5.74, 6) is 0.862. The Bertz CT molecular complexity index is 895. The fraction of sp³-hybridized carbons (Fsp3) is 0.478. The highest BCUT2D eigenvalue weighted by Crippen LogP contribution is 2.39. The van der Waals surface area contributed by atoms with Gasteiger partial charge in [0, 0.05) is 37.2 Å². The van der Waals surface area contributed by atoms with Gasteiger partial charge < -0.3 is 20.1 Å². The predicted molar refractivity (Wildman–Crippen MR) is 113 cm³/mol. The standard InChI is InChI=1S/C23H29N3O3/c1-22(2,3)29-21(27)26-14-12-23(13-15-26)11-10-19-20(28-23)9-8-18(25-19)16-4-6-17(24)7-5-16/h4-9H,10-15,24H2,1-3H3. The second-order valence-corrected chi connectivity index (χ2v) is 9.02. The number of aromatic nitrogens is 1. The van der Waals surface area contributed by atoms with E-state index in [1.165, 1.54) is 0 Å². The summed E-state index contributed by atoms with van der Waals surface area (Å²) in [6.45, 7) is 6.98. The highest BCUT2D eigenvalue weighted by Gasteiger charge is 2.41. The van der Waals surface area contributed by atoms with Crippen LogP contribution in [0.4, 0.5) is 10.5 Å². The third kappa shape index (κ3) is 4.31. The normalized spacial score (nSPS) is 18.1. The zero-order valence-electron chi connectivity index (χ0n) is 17.4. The Morgan fingerprint density at radius 2 is 1.79 bits per heavy atom. The quantitative estimate of drug-likeness (QED) is 0.723. The minimum absolute atomic E-state index is 0.212. The summed E-state index contributed by atoms with van der Waals surface area (Å²) < 4.78 is 11.9. The van der Waals surface area contributed by atoms with Crippen LogP contribution in [-0.4, -0.2) is 40.3 Å². The molecule has 0 radical (unpaired) electrons. The summed E-state index contributed by atoms with van der Waals surface area (Å²) >= 11 is 0. The Morgan fingerprint density at radius 1 is 1.10 bits per heavy atom. The SMILES string of the molecule is CC(C)(C)OC(=O)N1CCC2(CCc3nc(-c4ccc(N)cc4)ccc3O2)CC1. The number of anilines is 1. The largest absolute Gasteiger partial charge is 0.485 e. The van der Waals surface area contributed by atoms with E-state index in [9.17, 15) is 4.79 Å². The number of hydrogen-bond acceptors (Lipinski definition) is 5. The van der Waals surface area contributed by atoms with Gasteiger partial charge in [-0.15, -0.1) is 0 Å². The first kappa shape index (κ1) is 19.6. The highest BCUT2D eigenvalue weighted by molar-refractivity contribution is 5.68.